The summed E-state index contributed by atoms with van der Waals surface area (Å²) in [4.78, 5) is 4.61. The van der Waals surface area contributed by atoms with E-state index in [1.54, 1.807) is 0 Å². The van der Waals surface area contributed by atoms with Gasteiger partial charge in [0, 0.05) is 19.6 Å². The molecule has 9 heteroatoms. The van der Waals surface area contributed by atoms with E-state index in [4.69, 9.17) is 0 Å². The Bertz CT molecular complexity index is 802. The van der Waals surface area contributed by atoms with Crippen LogP contribution in [0.1, 0.15) is 42.9 Å². The first-order valence-corrected chi connectivity index (χ1v) is 9.36. The van der Waals surface area contributed by atoms with Gasteiger partial charge in [-0.2, -0.15) is 0 Å². The highest BCUT2D eigenvalue weighted by molar-refractivity contribution is 14.0. The molecule has 2 aromatic rings. The van der Waals surface area contributed by atoms with E-state index in [2.05, 4.69) is 25.8 Å². The second-order valence-electron chi connectivity index (χ2n) is 6.93. The second kappa shape index (κ2) is 10.7. The van der Waals surface area contributed by atoms with E-state index < -0.39 is 11.6 Å². The van der Waals surface area contributed by atoms with Crippen molar-refractivity contribution in [1.82, 2.24) is 25.4 Å². The minimum Gasteiger partial charge on any atom is -0.356 e. The first kappa shape index (κ1) is 22.5. The van der Waals surface area contributed by atoms with Crippen LogP contribution >= 0.6 is 24.0 Å². The van der Waals surface area contributed by atoms with Crippen molar-refractivity contribution in [3.05, 3.63) is 47.0 Å². The lowest BCUT2D eigenvalue weighted by atomic mass is 10.1. The number of halogens is 3. The molecule has 3 rings (SSSR count). The minimum atomic E-state index is -0.429. The molecule has 2 N–H and O–H groups in total. The summed E-state index contributed by atoms with van der Waals surface area (Å²) in [6, 6.07) is 3.92. The van der Waals surface area contributed by atoms with Crippen LogP contribution in [0.4, 0.5) is 8.78 Å². The average Bonchev–Trinajstić information content (AvgIpc) is 3.27. The van der Waals surface area contributed by atoms with Gasteiger partial charge in [0.1, 0.15) is 24.0 Å². The van der Waals surface area contributed by atoms with Gasteiger partial charge in [0.25, 0.3) is 0 Å². The van der Waals surface area contributed by atoms with Crippen molar-refractivity contribution >= 4 is 29.9 Å². The van der Waals surface area contributed by atoms with Gasteiger partial charge in [-0.25, -0.2) is 13.8 Å². The fourth-order valence-corrected chi connectivity index (χ4v) is 3.21. The molecule has 0 bridgehead atoms. The molecule has 0 aliphatic heterocycles. The molecular formula is C19H27F2IN6. The fraction of sp³-hybridized carbons (Fsp3) is 0.526. The molecule has 1 saturated carbocycles. The van der Waals surface area contributed by atoms with Crippen LogP contribution in [0.3, 0.4) is 0 Å². The highest BCUT2D eigenvalue weighted by Crippen LogP contribution is 2.17. The topological polar surface area (TPSA) is 67.1 Å². The molecule has 1 aromatic heterocycles. The van der Waals surface area contributed by atoms with E-state index in [1.807, 2.05) is 18.5 Å². The molecule has 28 heavy (non-hydrogen) atoms. The first-order chi connectivity index (χ1) is 13.0. The first-order valence-electron chi connectivity index (χ1n) is 9.36. The highest BCUT2D eigenvalue weighted by atomic mass is 127. The third-order valence-electron chi connectivity index (χ3n) is 4.95. The van der Waals surface area contributed by atoms with Gasteiger partial charge in [-0.05, 0) is 49.9 Å². The van der Waals surface area contributed by atoms with Gasteiger partial charge in [-0.1, -0.05) is 12.8 Å². The lowest BCUT2D eigenvalue weighted by Gasteiger charge is -2.17. The summed E-state index contributed by atoms with van der Waals surface area (Å²) in [6.45, 7) is 2.74. The van der Waals surface area contributed by atoms with Crippen LogP contribution in [-0.4, -0.2) is 33.3 Å². The van der Waals surface area contributed by atoms with E-state index in [0.717, 1.165) is 36.6 Å². The summed E-state index contributed by atoms with van der Waals surface area (Å²) < 4.78 is 29.0. The monoisotopic (exact) mass is 504 g/mol. The molecule has 0 atom stereocenters. The molecule has 0 radical (unpaired) electrons. The van der Waals surface area contributed by atoms with Gasteiger partial charge in [0.05, 0.1) is 0 Å². The third kappa shape index (κ3) is 6.11. The van der Waals surface area contributed by atoms with E-state index >= 15 is 0 Å². The third-order valence-corrected chi connectivity index (χ3v) is 4.95. The van der Waals surface area contributed by atoms with Crippen molar-refractivity contribution in [2.24, 2.45) is 12.0 Å². The van der Waals surface area contributed by atoms with Crippen molar-refractivity contribution < 1.29 is 8.78 Å². The Balaban J connectivity index is 0.00000280. The molecule has 1 aliphatic carbocycles. The summed E-state index contributed by atoms with van der Waals surface area (Å²) in [5.41, 5.74) is 0.353. The molecule has 1 aromatic carbocycles. The maximum absolute atomic E-state index is 13.8. The quantitative estimate of drug-likeness (QED) is 0.360. The Morgan fingerprint density at radius 3 is 2.68 bits per heavy atom. The zero-order valence-electron chi connectivity index (χ0n) is 16.2. The van der Waals surface area contributed by atoms with E-state index in [-0.39, 0.29) is 24.0 Å². The highest BCUT2D eigenvalue weighted by Gasteiger charge is 2.16. The molecule has 0 saturated heterocycles. The molecule has 0 unspecified atom stereocenters. The van der Waals surface area contributed by atoms with Crippen molar-refractivity contribution in [2.75, 3.05) is 6.54 Å². The number of benzene rings is 1. The van der Waals surface area contributed by atoms with Crippen LogP contribution in [0.2, 0.25) is 0 Å². The zero-order chi connectivity index (χ0) is 19.2. The van der Waals surface area contributed by atoms with Gasteiger partial charge >= 0.3 is 0 Å². The number of nitrogens with one attached hydrogen (secondary N) is 2. The molecule has 1 aliphatic rings. The smallest absolute Gasteiger partial charge is 0.191 e. The van der Waals surface area contributed by atoms with Gasteiger partial charge in [-0.15, -0.1) is 34.2 Å². The SMILES string of the molecule is Cc1nnc(CN=C(NCCc2cc(F)ccc2F)NC2CCCC2)n1C.I. The van der Waals surface area contributed by atoms with Crippen molar-refractivity contribution in [2.45, 2.75) is 51.6 Å². The standard InChI is InChI=1S/C19H26F2N6.HI/c1-13-25-26-18(27(13)2)12-23-19(24-16-5-3-4-6-16)22-10-9-14-11-15(20)7-8-17(14)21;/h7-8,11,16H,3-6,9-10,12H2,1-2H3,(H2,22,23,24);1H. The molecule has 1 fully saturated rings. The molecule has 6 nitrogen and oxygen atoms in total. The molecular weight excluding hydrogens is 477 g/mol. The molecule has 0 amide bonds. The van der Waals surface area contributed by atoms with Gasteiger partial charge in [-0.3, -0.25) is 0 Å². The number of guanidine groups is 1. The fourth-order valence-electron chi connectivity index (χ4n) is 3.21. The largest absolute Gasteiger partial charge is 0.356 e. The minimum absolute atomic E-state index is 0. The van der Waals surface area contributed by atoms with Crippen LogP contribution in [0, 0.1) is 18.6 Å². The Hall–Kier alpha value is -1.78. The Kier molecular flexibility index (Phi) is 8.58. The Labute approximate surface area is 181 Å². The van der Waals surface area contributed by atoms with Crippen LogP contribution in [0.25, 0.3) is 0 Å². The maximum Gasteiger partial charge on any atom is 0.191 e. The number of aliphatic imine (C=N–C) groups is 1. The van der Waals surface area contributed by atoms with Crippen LogP contribution in [-0.2, 0) is 20.0 Å². The summed E-state index contributed by atoms with van der Waals surface area (Å²) >= 11 is 0. The summed E-state index contributed by atoms with van der Waals surface area (Å²) in [5.74, 6) is 1.45. The summed E-state index contributed by atoms with van der Waals surface area (Å²) in [5, 5.41) is 14.8. The van der Waals surface area contributed by atoms with Gasteiger partial charge in [0.15, 0.2) is 11.8 Å². The molecule has 154 valence electrons. The van der Waals surface area contributed by atoms with Gasteiger partial charge in [0.2, 0.25) is 0 Å². The predicted octanol–water partition coefficient (Wildman–Crippen LogP) is 3.24. The number of rotatable bonds is 6. The van der Waals surface area contributed by atoms with Crippen molar-refractivity contribution in [3.63, 3.8) is 0 Å². The van der Waals surface area contributed by atoms with Crippen molar-refractivity contribution in [3.8, 4) is 0 Å². The molecule has 0 spiro atoms. The van der Waals surface area contributed by atoms with Crippen LogP contribution < -0.4 is 10.6 Å². The normalized spacial score (nSPS) is 14.8. The maximum atomic E-state index is 13.8. The summed E-state index contributed by atoms with van der Waals surface area (Å²) in [6.07, 6.45) is 5.02. The number of hydrogen-bond donors (Lipinski definition) is 2. The van der Waals surface area contributed by atoms with Crippen LogP contribution in [0.5, 0.6) is 0 Å². The lowest BCUT2D eigenvalue weighted by Crippen LogP contribution is -2.43. The van der Waals surface area contributed by atoms with Crippen molar-refractivity contribution in [1.29, 1.82) is 0 Å². The Morgan fingerprint density at radius 2 is 2.00 bits per heavy atom. The lowest BCUT2D eigenvalue weighted by molar-refractivity contribution is 0.580. The zero-order valence-corrected chi connectivity index (χ0v) is 18.5. The number of aromatic nitrogens is 3. The number of hydrogen-bond acceptors (Lipinski definition) is 3. The van der Waals surface area contributed by atoms with E-state index in [1.165, 1.54) is 18.9 Å². The average molecular weight is 504 g/mol. The predicted molar refractivity (Wildman–Crippen MR) is 116 cm³/mol. The summed E-state index contributed by atoms with van der Waals surface area (Å²) in [7, 11) is 1.91. The van der Waals surface area contributed by atoms with Crippen LogP contribution in [0.15, 0.2) is 23.2 Å². The van der Waals surface area contributed by atoms with Gasteiger partial charge < -0.3 is 15.2 Å². The van der Waals surface area contributed by atoms with E-state index in [9.17, 15) is 8.78 Å². The number of aryl methyl sites for hydroxylation is 1. The van der Waals surface area contributed by atoms with E-state index in [0.29, 0.717) is 37.1 Å². The molecule has 1 heterocycles. The second-order valence-corrected chi connectivity index (χ2v) is 6.93. The number of nitrogens with zero attached hydrogens (tertiary/aromatic N) is 4. The Morgan fingerprint density at radius 1 is 1.25 bits per heavy atom.